The SMILES string of the molecule is CNC(=O)N1CCOCC(O)C1. The van der Waals surface area contributed by atoms with Crippen molar-refractivity contribution in [2.45, 2.75) is 6.10 Å². The smallest absolute Gasteiger partial charge is 0.317 e. The van der Waals surface area contributed by atoms with E-state index >= 15 is 0 Å². The Bertz CT molecular complexity index is 163. The number of nitrogens with one attached hydrogen (secondary N) is 1. The second-order valence-corrected chi connectivity index (χ2v) is 2.73. The van der Waals surface area contributed by atoms with Crippen LogP contribution in [-0.4, -0.2) is 55.5 Å². The normalized spacial score (nSPS) is 24.8. The molecular weight excluding hydrogens is 160 g/mol. The summed E-state index contributed by atoms with van der Waals surface area (Å²) in [6.07, 6.45) is -0.565. The Kier molecular flexibility index (Phi) is 3.31. The molecule has 1 atom stereocenters. The van der Waals surface area contributed by atoms with Crippen LogP contribution in [0.4, 0.5) is 4.79 Å². The Morgan fingerprint density at radius 2 is 2.50 bits per heavy atom. The fourth-order valence-electron chi connectivity index (χ4n) is 1.14. The zero-order valence-corrected chi connectivity index (χ0v) is 7.12. The number of hydrogen-bond donors (Lipinski definition) is 2. The van der Waals surface area contributed by atoms with Crippen LogP contribution in [0, 0.1) is 0 Å². The Labute approximate surface area is 71.3 Å². The first-order valence-electron chi connectivity index (χ1n) is 3.96. The molecule has 12 heavy (non-hydrogen) atoms. The molecule has 1 rings (SSSR count). The number of hydrogen-bond acceptors (Lipinski definition) is 3. The molecule has 0 aliphatic carbocycles. The minimum atomic E-state index is -0.565. The maximum atomic E-state index is 11.1. The van der Waals surface area contributed by atoms with Gasteiger partial charge in [0.05, 0.1) is 25.9 Å². The fourth-order valence-corrected chi connectivity index (χ4v) is 1.14. The van der Waals surface area contributed by atoms with Crippen LogP contribution in [0.2, 0.25) is 0 Å². The van der Waals surface area contributed by atoms with Crippen molar-refractivity contribution in [3.63, 3.8) is 0 Å². The highest BCUT2D eigenvalue weighted by atomic mass is 16.5. The average Bonchev–Trinajstić information content (AvgIpc) is 2.28. The maximum absolute atomic E-state index is 11.1. The molecule has 70 valence electrons. The number of ether oxygens (including phenoxy) is 1. The van der Waals surface area contributed by atoms with Gasteiger partial charge in [-0.15, -0.1) is 0 Å². The summed E-state index contributed by atoms with van der Waals surface area (Å²) in [4.78, 5) is 12.7. The first-order valence-corrected chi connectivity index (χ1v) is 3.96. The van der Waals surface area contributed by atoms with E-state index in [1.165, 1.54) is 4.90 Å². The van der Waals surface area contributed by atoms with Crippen LogP contribution in [0.3, 0.4) is 0 Å². The van der Waals surface area contributed by atoms with Crippen LogP contribution >= 0.6 is 0 Å². The molecule has 1 fully saturated rings. The third kappa shape index (κ3) is 2.35. The molecule has 5 heteroatoms. The maximum Gasteiger partial charge on any atom is 0.317 e. The number of carbonyl (C=O) groups excluding carboxylic acids is 1. The fraction of sp³-hybridized carbons (Fsp3) is 0.857. The molecule has 1 saturated heterocycles. The van der Waals surface area contributed by atoms with Crippen LogP contribution in [0.25, 0.3) is 0 Å². The molecule has 1 heterocycles. The van der Waals surface area contributed by atoms with Crippen molar-refractivity contribution < 1.29 is 14.6 Å². The number of β-amino-alcohol motifs (C(OH)–C–C–N with tert-alkyl or cyclic N) is 1. The average molecular weight is 174 g/mol. The van der Waals surface area contributed by atoms with E-state index in [-0.39, 0.29) is 6.03 Å². The topological polar surface area (TPSA) is 61.8 Å². The van der Waals surface area contributed by atoms with Gasteiger partial charge in [-0.05, 0) is 0 Å². The highest BCUT2D eigenvalue weighted by molar-refractivity contribution is 5.73. The molecule has 0 spiro atoms. The molecule has 0 radical (unpaired) electrons. The van der Waals surface area contributed by atoms with Crippen LogP contribution in [0.5, 0.6) is 0 Å². The van der Waals surface area contributed by atoms with Crippen molar-refractivity contribution >= 4 is 6.03 Å². The Hall–Kier alpha value is -0.810. The second kappa shape index (κ2) is 4.27. The van der Waals surface area contributed by atoms with Gasteiger partial charge in [0.25, 0.3) is 0 Å². The monoisotopic (exact) mass is 174 g/mol. The standard InChI is InChI=1S/C7H14N2O3/c1-8-7(11)9-2-3-12-5-6(10)4-9/h6,10H,2-5H2,1H3,(H,8,11). The molecule has 1 unspecified atom stereocenters. The van der Waals surface area contributed by atoms with Crippen LogP contribution in [-0.2, 0) is 4.74 Å². The predicted octanol–water partition coefficient (Wildman–Crippen LogP) is -0.981. The molecule has 0 aromatic rings. The van der Waals surface area contributed by atoms with Gasteiger partial charge in [0.1, 0.15) is 0 Å². The second-order valence-electron chi connectivity index (χ2n) is 2.73. The molecule has 0 bridgehead atoms. The molecule has 1 aliphatic rings. The van der Waals surface area contributed by atoms with Gasteiger partial charge in [0.2, 0.25) is 0 Å². The summed E-state index contributed by atoms with van der Waals surface area (Å²) in [5.41, 5.74) is 0. The van der Waals surface area contributed by atoms with Gasteiger partial charge in [-0.3, -0.25) is 0 Å². The highest BCUT2D eigenvalue weighted by Crippen LogP contribution is 1.99. The van der Waals surface area contributed by atoms with E-state index in [2.05, 4.69) is 5.32 Å². The summed E-state index contributed by atoms with van der Waals surface area (Å²) in [6, 6.07) is -0.167. The molecule has 1 aliphatic heterocycles. The van der Waals surface area contributed by atoms with E-state index < -0.39 is 6.10 Å². The lowest BCUT2D eigenvalue weighted by molar-refractivity contribution is 0.0574. The van der Waals surface area contributed by atoms with Crippen molar-refractivity contribution in [3.8, 4) is 0 Å². The van der Waals surface area contributed by atoms with Gasteiger partial charge < -0.3 is 20.1 Å². The number of carbonyl (C=O) groups is 1. The summed E-state index contributed by atoms with van der Waals surface area (Å²) in [5.74, 6) is 0. The number of aliphatic hydroxyl groups is 1. The van der Waals surface area contributed by atoms with Crippen LogP contribution < -0.4 is 5.32 Å². The van der Waals surface area contributed by atoms with Crippen LogP contribution in [0.15, 0.2) is 0 Å². The van der Waals surface area contributed by atoms with Crippen molar-refractivity contribution in [2.75, 3.05) is 33.4 Å². The first-order chi connectivity index (χ1) is 5.74. The van der Waals surface area contributed by atoms with E-state index in [4.69, 9.17) is 4.74 Å². The van der Waals surface area contributed by atoms with Crippen molar-refractivity contribution in [1.29, 1.82) is 0 Å². The van der Waals surface area contributed by atoms with E-state index in [0.717, 1.165) is 0 Å². The van der Waals surface area contributed by atoms with E-state index in [1.54, 1.807) is 7.05 Å². The van der Waals surface area contributed by atoms with Gasteiger partial charge in [-0.1, -0.05) is 0 Å². The number of rotatable bonds is 0. The quantitative estimate of drug-likeness (QED) is 0.496. The lowest BCUT2D eigenvalue weighted by Gasteiger charge is -2.20. The lowest BCUT2D eigenvalue weighted by Crippen LogP contribution is -2.42. The van der Waals surface area contributed by atoms with Gasteiger partial charge in [-0.2, -0.15) is 0 Å². The zero-order valence-electron chi connectivity index (χ0n) is 7.12. The van der Waals surface area contributed by atoms with Gasteiger partial charge in [0.15, 0.2) is 0 Å². The molecule has 2 N–H and O–H groups in total. The number of aliphatic hydroxyl groups excluding tert-OH is 1. The van der Waals surface area contributed by atoms with Crippen LogP contribution in [0.1, 0.15) is 0 Å². The number of amides is 2. The lowest BCUT2D eigenvalue weighted by atomic mass is 10.3. The molecule has 0 aromatic carbocycles. The Balaban J connectivity index is 2.46. The third-order valence-corrected chi connectivity index (χ3v) is 1.75. The van der Waals surface area contributed by atoms with E-state index in [0.29, 0.717) is 26.3 Å². The summed E-state index contributed by atoms with van der Waals surface area (Å²) >= 11 is 0. The van der Waals surface area contributed by atoms with Crippen molar-refractivity contribution in [1.82, 2.24) is 10.2 Å². The summed E-state index contributed by atoms with van der Waals surface area (Å²) in [5, 5.41) is 11.8. The minimum Gasteiger partial charge on any atom is -0.389 e. The van der Waals surface area contributed by atoms with Crippen molar-refractivity contribution in [2.24, 2.45) is 0 Å². The molecule has 2 amide bonds. The van der Waals surface area contributed by atoms with E-state index in [9.17, 15) is 9.90 Å². The number of nitrogens with zero attached hydrogens (tertiary/aromatic N) is 1. The summed E-state index contributed by atoms with van der Waals surface area (Å²) < 4.78 is 5.06. The molecule has 0 aromatic heterocycles. The number of urea groups is 1. The zero-order chi connectivity index (χ0) is 8.97. The highest BCUT2D eigenvalue weighted by Gasteiger charge is 2.19. The first kappa shape index (κ1) is 9.28. The van der Waals surface area contributed by atoms with Gasteiger partial charge >= 0.3 is 6.03 Å². The largest absolute Gasteiger partial charge is 0.389 e. The minimum absolute atomic E-state index is 0.167. The van der Waals surface area contributed by atoms with Gasteiger partial charge in [-0.25, -0.2) is 4.79 Å². The Morgan fingerprint density at radius 1 is 1.75 bits per heavy atom. The third-order valence-electron chi connectivity index (χ3n) is 1.75. The van der Waals surface area contributed by atoms with Crippen molar-refractivity contribution in [3.05, 3.63) is 0 Å². The predicted molar refractivity (Wildman–Crippen MR) is 42.9 cm³/mol. The summed E-state index contributed by atoms with van der Waals surface area (Å²) in [7, 11) is 1.57. The van der Waals surface area contributed by atoms with E-state index in [1.807, 2.05) is 0 Å². The molecular formula is C7H14N2O3. The summed E-state index contributed by atoms with van der Waals surface area (Å²) in [6.45, 7) is 1.69. The Morgan fingerprint density at radius 3 is 3.17 bits per heavy atom. The molecule has 0 saturated carbocycles. The van der Waals surface area contributed by atoms with Gasteiger partial charge in [0, 0.05) is 13.6 Å². The molecule has 5 nitrogen and oxygen atoms in total.